The van der Waals surface area contributed by atoms with Crippen molar-refractivity contribution in [2.75, 3.05) is 37.2 Å². The predicted molar refractivity (Wildman–Crippen MR) is 108 cm³/mol. The van der Waals surface area contributed by atoms with Gasteiger partial charge in [-0.25, -0.2) is 8.42 Å². The van der Waals surface area contributed by atoms with Gasteiger partial charge in [0.1, 0.15) is 5.75 Å². The summed E-state index contributed by atoms with van der Waals surface area (Å²) in [6.45, 7) is 6.67. The lowest BCUT2D eigenvalue weighted by Gasteiger charge is -2.23. The van der Waals surface area contributed by atoms with Crippen molar-refractivity contribution < 1.29 is 17.9 Å². The molecule has 1 aromatic carbocycles. The molecule has 0 spiro atoms. The maximum Gasteiger partial charge on any atom is 0.255 e. The third kappa shape index (κ3) is 6.10. The van der Waals surface area contributed by atoms with Crippen LogP contribution in [0.15, 0.2) is 18.2 Å². The van der Waals surface area contributed by atoms with Crippen LogP contribution in [0.2, 0.25) is 0 Å². The number of hydrogen-bond donors (Lipinski definition) is 2. The number of unbranched alkanes of at least 4 members (excludes halogenated alkanes) is 1. The summed E-state index contributed by atoms with van der Waals surface area (Å²) in [6.07, 6.45) is 3.61. The largest absolute Gasteiger partial charge is 0.496 e. The maximum atomic E-state index is 12.7. The van der Waals surface area contributed by atoms with E-state index in [1.807, 2.05) is 6.92 Å². The standard InChI is InChI=1S/C19H31N3O4S/c1-4-6-12-27(24,25)21-15-9-10-18(26-3)17(13-15)19(23)20-14-16-8-7-11-22(16)5-2/h9-10,13,16,21H,4-8,11-12,14H2,1-3H3,(H,20,23). The predicted octanol–water partition coefficient (Wildman–Crippen LogP) is 2.45. The first kappa shape index (κ1) is 21.5. The van der Waals surface area contributed by atoms with Gasteiger partial charge in [-0.1, -0.05) is 20.3 Å². The molecular formula is C19H31N3O4S. The summed E-state index contributed by atoms with van der Waals surface area (Å²) in [4.78, 5) is 15.0. The van der Waals surface area contributed by atoms with Crippen LogP contribution in [0.3, 0.4) is 0 Å². The highest BCUT2D eigenvalue weighted by Gasteiger charge is 2.24. The van der Waals surface area contributed by atoms with Crippen LogP contribution in [0, 0.1) is 0 Å². The number of nitrogens with one attached hydrogen (secondary N) is 2. The fourth-order valence-corrected chi connectivity index (χ4v) is 4.62. The first-order valence-corrected chi connectivity index (χ1v) is 11.3. The van der Waals surface area contributed by atoms with Crippen LogP contribution in [0.5, 0.6) is 5.75 Å². The number of carbonyl (C=O) groups excluding carboxylic acids is 1. The number of methoxy groups -OCH3 is 1. The average Bonchev–Trinajstić information content (AvgIpc) is 3.11. The van der Waals surface area contributed by atoms with E-state index in [0.717, 1.165) is 32.4 Å². The number of rotatable bonds is 10. The lowest BCUT2D eigenvalue weighted by molar-refractivity contribution is 0.0938. The highest BCUT2D eigenvalue weighted by atomic mass is 32.2. The Hall–Kier alpha value is -1.80. The van der Waals surface area contributed by atoms with E-state index in [-0.39, 0.29) is 11.7 Å². The number of benzene rings is 1. The van der Waals surface area contributed by atoms with Crippen molar-refractivity contribution in [3.63, 3.8) is 0 Å². The van der Waals surface area contributed by atoms with E-state index in [1.54, 1.807) is 12.1 Å². The Kier molecular flexibility index (Phi) is 7.91. The average molecular weight is 398 g/mol. The van der Waals surface area contributed by atoms with Gasteiger partial charge < -0.3 is 10.1 Å². The summed E-state index contributed by atoms with van der Waals surface area (Å²) >= 11 is 0. The summed E-state index contributed by atoms with van der Waals surface area (Å²) in [6, 6.07) is 5.10. The number of likely N-dealkylation sites (N-methyl/N-ethyl adjacent to an activating group) is 1. The fraction of sp³-hybridized carbons (Fsp3) is 0.632. The number of hydrogen-bond acceptors (Lipinski definition) is 5. The molecule has 1 saturated heterocycles. The number of carbonyl (C=O) groups is 1. The Balaban J connectivity index is 2.08. The molecule has 152 valence electrons. The summed E-state index contributed by atoms with van der Waals surface area (Å²) in [5.74, 6) is 0.221. The molecule has 2 N–H and O–H groups in total. The van der Waals surface area contributed by atoms with Crippen molar-refractivity contribution in [1.29, 1.82) is 0 Å². The number of likely N-dealkylation sites (tertiary alicyclic amines) is 1. The van der Waals surface area contributed by atoms with Gasteiger partial charge in [0.05, 0.1) is 18.4 Å². The number of nitrogens with zero attached hydrogens (tertiary/aromatic N) is 1. The van der Waals surface area contributed by atoms with E-state index in [2.05, 4.69) is 21.9 Å². The first-order valence-electron chi connectivity index (χ1n) is 9.61. The molecule has 8 heteroatoms. The summed E-state index contributed by atoms with van der Waals surface area (Å²) < 4.78 is 32.1. The number of ether oxygens (including phenoxy) is 1. The molecule has 1 aromatic rings. The van der Waals surface area contributed by atoms with E-state index < -0.39 is 10.0 Å². The smallest absolute Gasteiger partial charge is 0.255 e. The molecule has 0 radical (unpaired) electrons. The Labute approximate surface area is 162 Å². The van der Waals surface area contributed by atoms with Crippen LogP contribution in [-0.2, 0) is 10.0 Å². The quantitative estimate of drug-likeness (QED) is 0.633. The number of anilines is 1. The van der Waals surface area contributed by atoms with Crippen molar-refractivity contribution in [2.24, 2.45) is 0 Å². The SMILES string of the molecule is CCCCS(=O)(=O)Nc1ccc(OC)c(C(=O)NCC2CCCN2CC)c1. The van der Waals surface area contributed by atoms with Gasteiger partial charge in [-0.2, -0.15) is 0 Å². The Morgan fingerprint density at radius 3 is 2.78 bits per heavy atom. The minimum atomic E-state index is -3.42. The van der Waals surface area contributed by atoms with Gasteiger partial charge in [-0.05, 0) is 50.6 Å². The van der Waals surface area contributed by atoms with Crippen LogP contribution in [0.1, 0.15) is 49.9 Å². The Morgan fingerprint density at radius 1 is 1.33 bits per heavy atom. The second-order valence-electron chi connectivity index (χ2n) is 6.82. The highest BCUT2D eigenvalue weighted by Crippen LogP contribution is 2.24. The molecule has 0 saturated carbocycles. The molecular weight excluding hydrogens is 366 g/mol. The Morgan fingerprint density at radius 2 is 2.11 bits per heavy atom. The topological polar surface area (TPSA) is 87.7 Å². The first-order chi connectivity index (χ1) is 12.9. The van der Waals surface area contributed by atoms with Gasteiger partial charge in [-0.3, -0.25) is 14.4 Å². The monoisotopic (exact) mass is 397 g/mol. The van der Waals surface area contributed by atoms with Crippen LogP contribution < -0.4 is 14.8 Å². The third-order valence-corrected chi connectivity index (χ3v) is 6.26. The van der Waals surface area contributed by atoms with Crippen LogP contribution in [0.4, 0.5) is 5.69 Å². The molecule has 1 aliphatic heterocycles. The van der Waals surface area contributed by atoms with Crippen molar-refractivity contribution >= 4 is 21.6 Å². The molecule has 1 amide bonds. The molecule has 0 aliphatic carbocycles. The van der Waals surface area contributed by atoms with Gasteiger partial charge in [0, 0.05) is 18.3 Å². The molecule has 0 bridgehead atoms. The van der Waals surface area contributed by atoms with Gasteiger partial charge in [0.2, 0.25) is 10.0 Å². The highest BCUT2D eigenvalue weighted by molar-refractivity contribution is 7.92. The molecule has 1 aliphatic rings. The van der Waals surface area contributed by atoms with Crippen molar-refractivity contribution in [1.82, 2.24) is 10.2 Å². The Bertz CT molecular complexity index is 736. The third-order valence-electron chi connectivity index (χ3n) is 4.89. The van der Waals surface area contributed by atoms with Crippen LogP contribution in [0.25, 0.3) is 0 Å². The molecule has 2 rings (SSSR count). The maximum absolute atomic E-state index is 12.7. The molecule has 0 aromatic heterocycles. The zero-order valence-corrected chi connectivity index (χ0v) is 17.3. The minimum absolute atomic E-state index is 0.0611. The van der Waals surface area contributed by atoms with E-state index >= 15 is 0 Å². The van der Waals surface area contributed by atoms with Gasteiger partial charge >= 0.3 is 0 Å². The van der Waals surface area contributed by atoms with Gasteiger partial charge in [0.25, 0.3) is 5.91 Å². The molecule has 7 nitrogen and oxygen atoms in total. The lowest BCUT2D eigenvalue weighted by Crippen LogP contribution is -2.40. The molecule has 1 fully saturated rings. The summed E-state index contributed by atoms with van der Waals surface area (Å²) in [5.41, 5.74) is 0.697. The number of amides is 1. The second-order valence-corrected chi connectivity index (χ2v) is 8.67. The minimum Gasteiger partial charge on any atom is -0.496 e. The molecule has 1 unspecified atom stereocenters. The lowest BCUT2D eigenvalue weighted by atomic mass is 10.1. The zero-order chi connectivity index (χ0) is 19.9. The molecule has 27 heavy (non-hydrogen) atoms. The second kappa shape index (κ2) is 9.94. The zero-order valence-electron chi connectivity index (χ0n) is 16.5. The van der Waals surface area contributed by atoms with Crippen LogP contribution in [-0.4, -0.2) is 57.8 Å². The summed E-state index contributed by atoms with van der Waals surface area (Å²) in [7, 11) is -1.93. The van der Waals surface area contributed by atoms with Crippen molar-refractivity contribution in [3.05, 3.63) is 23.8 Å². The molecule has 1 heterocycles. The van der Waals surface area contributed by atoms with Crippen molar-refractivity contribution in [3.8, 4) is 5.75 Å². The fourth-order valence-electron chi connectivity index (χ4n) is 3.36. The van der Waals surface area contributed by atoms with Gasteiger partial charge in [-0.15, -0.1) is 0 Å². The van der Waals surface area contributed by atoms with E-state index in [1.165, 1.54) is 13.2 Å². The van der Waals surface area contributed by atoms with Crippen LogP contribution >= 0.6 is 0 Å². The molecule has 1 atom stereocenters. The van der Waals surface area contributed by atoms with E-state index in [9.17, 15) is 13.2 Å². The van der Waals surface area contributed by atoms with Gasteiger partial charge in [0.15, 0.2) is 0 Å². The van der Waals surface area contributed by atoms with E-state index in [4.69, 9.17) is 4.74 Å². The summed E-state index contributed by atoms with van der Waals surface area (Å²) in [5, 5.41) is 2.97. The van der Waals surface area contributed by atoms with E-state index in [0.29, 0.717) is 36.0 Å². The number of sulfonamides is 1. The normalized spacial score (nSPS) is 17.7. The van der Waals surface area contributed by atoms with Crippen molar-refractivity contribution in [2.45, 2.75) is 45.6 Å².